The standard InChI is InChI=1S/C21H23N3O2S2/c1-13(14-7-3-2-4-8-14)11-22-17(25)12-27-21-23-19(26)18-15-9-5-6-10-16(15)28-20(18)24-21/h2-4,7-8,13H,5-6,9-12H2,1H3,(H,22,25)(H,23,24,26)/t13-/m1/s1. The van der Waals surface area contributed by atoms with Gasteiger partial charge in [0.25, 0.3) is 5.56 Å². The molecular formula is C21H23N3O2S2. The molecular weight excluding hydrogens is 390 g/mol. The maximum absolute atomic E-state index is 12.5. The Balaban J connectivity index is 1.37. The molecule has 0 aliphatic heterocycles. The van der Waals surface area contributed by atoms with Crippen molar-refractivity contribution in [1.29, 1.82) is 0 Å². The molecule has 3 aromatic rings. The second-order valence-electron chi connectivity index (χ2n) is 7.17. The van der Waals surface area contributed by atoms with Crippen molar-refractivity contribution in [2.24, 2.45) is 0 Å². The predicted octanol–water partition coefficient (Wildman–Crippen LogP) is 3.88. The van der Waals surface area contributed by atoms with Gasteiger partial charge in [0.15, 0.2) is 5.16 Å². The van der Waals surface area contributed by atoms with E-state index in [1.807, 2.05) is 18.2 Å². The highest BCUT2D eigenvalue weighted by Gasteiger charge is 2.20. The van der Waals surface area contributed by atoms with Crippen LogP contribution in [0.2, 0.25) is 0 Å². The highest BCUT2D eigenvalue weighted by Crippen LogP contribution is 2.34. The summed E-state index contributed by atoms with van der Waals surface area (Å²) in [5.41, 5.74) is 2.31. The molecule has 146 valence electrons. The lowest BCUT2D eigenvalue weighted by atomic mass is 9.97. The van der Waals surface area contributed by atoms with Gasteiger partial charge in [0.05, 0.1) is 11.1 Å². The van der Waals surface area contributed by atoms with Crippen LogP contribution in [0, 0.1) is 0 Å². The van der Waals surface area contributed by atoms with Gasteiger partial charge >= 0.3 is 0 Å². The van der Waals surface area contributed by atoms with Crippen molar-refractivity contribution in [2.45, 2.75) is 43.7 Å². The number of thiophene rings is 1. The van der Waals surface area contributed by atoms with Gasteiger partial charge in [0.1, 0.15) is 4.83 Å². The van der Waals surface area contributed by atoms with Crippen LogP contribution in [0.1, 0.15) is 41.7 Å². The van der Waals surface area contributed by atoms with Crippen LogP contribution < -0.4 is 10.9 Å². The van der Waals surface area contributed by atoms with Gasteiger partial charge in [-0.25, -0.2) is 4.98 Å². The molecule has 2 N–H and O–H groups in total. The minimum Gasteiger partial charge on any atom is -0.355 e. The fourth-order valence-corrected chi connectivity index (χ4v) is 5.57. The van der Waals surface area contributed by atoms with Crippen LogP contribution in [0.4, 0.5) is 0 Å². The number of fused-ring (bicyclic) bond motifs is 3. The van der Waals surface area contributed by atoms with Gasteiger partial charge in [0, 0.05) is 11.4 Å². The Morgan fingerprint density at radius 2 is 2.07 bits per heavy atom. The molecule has 1 amide bonds. The fourth-order valence-electron chi connectivity index (χ4n) is 3.56. The summed E-state index contributed by atoms with van der Waals surface area (Å²) >= 11 is 2.91. The summed E-state index contributed by atoms with van der Waals surface area (Å²) in [7, 11) is 0. The number of aromatic nitrogens is 2. The molecule has 1 atom stereocenters. The van der Waals surface area contributed by atoms with Crippen molar-refractivity contribution < 1.29 is 4.79 Å². The molecule has 2 aromatic heterocycles. The molecule has 1 aliphatic carbocycles. The Hall–Kier alpha value is -2.12. The zero-order chi connectivity index (χ0) is 19.5. The molecule has 4 rings (SSSR count). The van der Waals surface area contributed by atoms with Crippen molar-refractivity contribution >= 4 is 39.2 Å². The first kappa shape index (κ1) is 19.2. The van der Waals surface area contributed by atoms with Gasteiger partial charge < -0.3 is 10.3 Å². The highest BCUT2D eigenvalue weighted by atomic mass is 32.2. The topological polar surface area (TPSA) is 74.8 Å². The number of nitrogens with one attached hydrogen (secondary N) is 2. The zero-order valence-corrected chi connectivity index (χ0v) is 17.4. The van der Waals surface area contributed by atoms with Crippen LogP contribution in [-0.4, -0.2) is 28.2 Å². The van der Waals surface area contributed by atoms with Crippen LogP contribution in [0.3, 0.4) is 0 Å². The number of benzene rings is 1. The van der Waals surface area contributed by atoms with Crippen molar-refractivity contribution in [1.82, 2.24) is 15.3 Å². The van der Waals surface area contributed by atoms with Crippen LogP contribution in [0.25, 0.3) is 10.2 Å². The number of nitrogens with zero attached hydrogens (tertiary/aromatic N) is 1. The summed E-state index contributed by atoms with van der Waals surface area (Å²) in [6, 6.07) is 10.1. The molecule has 0 bridgehead atoms. The lowest BCUT2D eigenvalue weighted by Gasteiger charge is -2.12. The lowest BCUT2D eigenvalue weighted by Crippen LogP contribution is -2.29. The number of hydrogen-bond acceptors (Lipinski definition) is 5. The summed E-state index contributed by atoms with van der Waals surface area (Å²) in [6.07, 6.45) is 4.33. The van der Waals surface area contributed by atoms with E-state index < -0.39 is 0 Å². The van der Waals surface area contributed by atoms with Gasteiger partial charge in [-0.2, -0.15) is 0 Å². The Kier molecular flexibility index (Phi) is 5.82. The molecule has 0 unspecified atom stereocenters. The van der Waals surface area contributed by atoms with E-state index in [1.165, 1.54) is 34.2 Å². The number of carbonyl (C=O) groups excluding carboxylic acids is 1. The van der Waals surface area contributed by atoms with Crippen molar-refractivity contribution in [2.75, 3.05) is 12.3 Å². The second kappa shape index (κ2) is 8.49. The minimum absolute atomic E-state index is 0.0546. The monoisotopic (exact) mass is 413 g/mol. The number of thioether (sulfide) groups is 1. The minimum atomic E-state index is -0.0787. The van der Waals surface area contributed by atoms with Crippen molar-refractivity contribution in [3.8, 4) is 0 Å². The van der Waals surface area contributed by atoms with E-state index in [0.717, 1.165) is 29.5 Å². The molecule has 28 heavy (non-hydrogen) atoms. The SMILES string of the molecule is C[C@H](CNC(=O)CSc1nc2sc3c(c2c(=O)[nH]1)CCCC3)c1ccccc1. The normalized spacial score (nSPS) is 14.6. The Morgan fingerprint density at radius 1 is 1.29 bits per heavy atom. The number of carbonyl (C=O) groups is 1. The fraction of sp³-hybridized carbons (Fsp3) is 0.381. The number of amides is 1. The Labute approximate surface area is 172 Å². The first-order valence-corrected chi connectivity index (χ1v) is 11.4. The summed E-state index contributed by atoms with van der Waals surface area (Å²) in [5.74, 6) is 0.434. The number of aromatic amines is 1. The molecule has 0 saturated heterocycles. The van der Waals surface area contributed by atoms with E-state index >= 15 is 0 Å². The smallest absolute Gasteiger partial charge is 0.260 e. The summed E-state index contributed by atoms with van der Waals surface area (Å²) in [6.45, 7) is 2.68. The van der Waals surface area contributed by atoms with Gasteiger partial charge in [-0.3, -0.25) is 9.59 Å². The zero-order valence-electron chi connectivity index (χ0n) is 15.8. The van der Waals surface area contributed by atoms with Gasteiger partial charge in [-0.1, -0.05) is 49.0 Å². The third-order valence-corrected chi connectivity index (χ3v) is 7.18. The van der Waals surface area contributed by atoms with E-state index in [4.69, 9.17) is 0 Å². The van der Waals surface area contributed by atoms with Gasteiger partial charge in [-0.15, -0.1) is 11.3 Å². The molecule has 0 fully saturated rings. The molecule has 0 saturated carbocycles. The van der Waals surface area contributed by atoms with Crippen LogP contribution in [0.5, 0.6) is 0 Å². The van der Waals surface area contributed by atoms with E-state index in [9.17, 15) is 9.59 Å². The molecule has 7 heteroatoms. The highest BCUT2D eigenvalue weighted by molar-refractivity contribution is 7.99. The van der Waals surface area contributed by atoms with E-state index in [1.54, 1.807) is 11.3 Å². The quantitative estimate of drug-likeness (QED) is 0.475. The summed E-state index contributed by atoms with van der Waals surface area (Å²) in [5, 5.41) is 4.24. The van der Waals surface area contributed by atoms with Gasteiger partial charge in [-0.05, 0) is 42.7 Å². The first-order chi connectivity index (χ1) is 13.6. The number of aryl methyl sites for hydroxylation is 2. The molecule has 2 heterocycles. The first-order valence-electron chi connectivity index (χ1n) is 9.61. The maximum Gasteiger partial charge on any atom is 0.260 e. The number of H-pyrrole nitrogens is 1. The molecule has 1 aliphatic rings. The third-order valence-electron chi connectivity index (χ3n) is 5.12. The average Bonchev–Trinajstić information content (AvgIpc) is 3.10. The second-order valence-corrected chi connectivity index (χ2v) is 9.21. The summed E-state index contributed by atoms with van der Waals surface area (Å²) < 4.78 is 0. The lowest BCUT2D eigenvalue weighted by molar-refractivity contribution is -0.118. The largest absolute Gasteiger partial charge is 0.355 e. The van der Waals surface area contributed by atoms with Gasteiger partial charge in [0.2, 0.25) is 5.91 Å². The number of hydrogen-bond donors (Lipinski definition) is 2. The van der Waals surface area contributed by atoms with E-state index in [-0.39, 0.29) is 23.1 Å². The molecule has 1 aromatic carbocycles. The number of rotatable bonds is 6. The van der Waals surface area contributed by atoms with Crippen LogP contribution in [-0.2, 0) is 17.6 Å². The van der Waals surface area contributed by atoms with E-state index in [2.05, 4.69) is 34.3 Å². The third kappa shape index (κ3) is 4.15. The maximum atomic E-state index is 12.5. The molecule has 5 nitrogen and oxygen atoms in total. The molecule has 0 spiro atoms. The van der Waals surface area contributed by atoms with E-state index in [0.29, 0.717) is 11.7 Å². The Morgan fingerprint density at radius 3 is 2.89 bits per heavy atom. The Bertz CT molecular complexity index is 1040. The van der Waals surface area contributed by atoms with Crippen LogP contribution in [0.15, 0.2) is 40.3 Å². The van der Waals surface area contributed by atoms with Crippen molar-refractivity contribution in [3.63, 3.8) is 0 Å². The average molecular weight is 414 g/mol. The van der Waals surface area contributed by atoms with Crippen LogP contribution >= 0.6 is 23.1 Å². The molecule has 0 radical (unpaired) electrons. The van der Waals surface area contributed by atoms with Crippen molar-refractivity contribution in [3.05, 3.63) is 56.7 Å². The summed E-state index contributed by atoms with van der Waals surface area (Å²) in [4.78, 5) is 34.3. The predicted molar refractivity (Wildman–Crippen MR) is 115 cm³/mol.